The molecule has 1 aliphatic heterocycles. The minimum Gasteiger partial charge on any atom is -0.483 e. The SMILES string of the molecule is CCc1ccccc1OCC(=O)N1CCN(c2ccc3ccccc3n2)CC1. The predicted octanol–water partition coefficient (Wildman–Crippen LogP) is 3.52. The first-order chi connectivity index (χ1) is 13.7. The van der Waals surface area contributed by atoms with E-state index in [-0.39, 0.29) is 12.5 Å². The van der Waals surface area contributed by atoms with Gasteiger partial charge in [0.15, 0.2) is 6.61 Å². The Hall–Kier alpha value is -3.08. The average molecular weight is 375 g/mol. The summed E-state index contributed by atoms with van der Waals surface area (Å²) < 4.78 is 5.79. The molecule has 0 unspecified atom stereocenters. The number of aromatic nitrogens is 1. The maximum atomic E-state index is 12.6. The first-order valence-electron chi connectivity index (χ1n) is 9.84. The normalized spacial score (nSPS) is 14.3. The van der Waals surface area contributed by atoms with Gasteiger partial charge in [0.25, 0.3) is 5.91 Å². The molecule has 1 saturated heterocycles. The van der Waals surface area contributed by atoms with Gasteiger partial charge >= 0.3 is 0 Å². The van der Waals surface area contributed by atoms with E-state index in [0.717, 1.165) is 47.5 Å². The summed E-state index contributed by atoms with van der Waals surface area (Å²) in [5.41, 5.74) is 2.13. The number of hydrogen-bond acceptors (Lipinski definition) is 4. The maximum Gasteiger partial charge on any atom is 0.260 e. The molecule has 0 bridgehead atoms. The lowest BCUT2D eigenvalue weighted by Gasteiger charge is -2.35. The molecule has 0 aliphatic carbocycles. The second kappa shape index (κ2) is 8.30. The molecule has 28 heavy (non-hydrogen) atoms. The lowest BCUT2D eigenvalue weighted by molar-refractivity contribution is -0.133. The minimum absolute atomic E-state index is 0.0389. The summed E-state index contributed by atoms with van der Waals surface area (Å²) in [6.45, 7) is 5.11. The van der Waals surface area contributed by atoms with Crippen LogP contribution in [-0.4, -0.2) is 48.6 Å². The standard InChI is InChI=1S/C23H25N3O2/c1-2-18-7-4-6-10-21(18)28-17-23(27)26-15-13-25(14-16-26)22-12-11-19-8-3-5-9-20(19)24-22/h3-12H,2,13-17H2,1H3. The smallest absolute Gasteiger partial charge is 0.260 e. The van der Waals surface area contributed by atoms with E-state index in [1.807, 2.05) is 47.4 Å². The van der Waals surface area contributed by atoms with Crippen molar-refractivity contribution in [2.75, 3.05) is 37.7 Å². The number of anilines is 1. The molecule has 5 nitrogen and oxygen atoms in total. The van der Waals surface area contributed by atoms with Crippen LogP contribution in [0.15, 0.2) is 60.7 Å². The van der Waals surface area contributed by atoms with Crippen LogP contribution in [0.2, 0.25) is 0 Å². The van der Waals surface area contributed by atoms with Gasteiger partial charge in [0, 0.05) is 31.6 Å². The van der Waals surface area contributed by atoms with Gasteiger partial charge in [-0.2, -0.15) is 0 Å². The number of piperazine rings is 1. The Kier molecular flexibility index (Phi) is 5.42. The first kappa shape index (κ1) is 18.3. The van der Waals surface area contributed by atoms with E-state index in [2.05, 4.69) is 30.0 Å². The molecular formula is C23H25N3O2. The lowest BCUT2D eigenvalue weighted by Crippen LogP contribution is -2.50. The van der Waals surface area contributed by atoms with Gasteiger partial charge in [-0.15, -0.1) is 0 Å². The molecule has 1 aliphatic rings. The van der Waals surface area contributed by atoms with Crippen LogP contribution in [0.3, 0.4) is 0 Å². The largest absolute Gasteiger partial charge is 0.483 e. The van der Waals surface area contributed by atoms with Crippen LogP contribution in [0, 0.1) is 0 Å². The summed E-state index contributed by atoms with van der Waals surface area (Å²) in [4.78, 5) is 21.4. The topological polar surface area (TPSA) is 45.7 Å². The Morgan fingerprint density at radius 2 is 1.71 bits per heavy atom. The summed E-state index contributed by atoms with van der Waals surface area (Å²) in [5.74, 6) is 1.81. The van der Waals surface area contributed by atoms with Crippen LogP contribution in [0.4, 0.5) is 5.82 Å². The van der Waals surface area contributed by atoms with Crippen molar-refractivity contribution in [3.63, 3.8) is 0 Å². The maximum absolute atomic E-state index is 12.6. The van der Waals surface area contributed by atoms with Crippen molar-refractivity contribution in [2.24, 2.45) is 0 Å². The fraction of sp³-hybridized carbons (Fsp3) is 0.304. The van der Waals surface area contributed by atoms with Gasteiger partial charge in [0.1, 0.15) is 11.6 Å². The molecule has 1 aromatic heterocycles. The fourth-order valence-corrected chi connectivity index (χ4v) is 3.58. The Balaban J connectivity index is 1.33. The van der Waals surface area contributed by atoms with Crippen LogP contribution >= 0.6 is 0 Å². The molecule has 0 atom stereocenters. The van der Waals surface area contributed by atoms with E-state index in [0.29, 0.717) is 13.1 Å². The zero-order valence-corrected chi connectivity index (χ0v) is 16.2. The summed E-state index contributed by atoms with van der Waals surface area (Å²) in [6, 6.07) is 20.2. The van der Waals surface area contributed by atoms with Crippen molar-refractivity contribution in [3.8, 4) is 5.75 Å². The molecule has 144 valence electrons. The Morgan fingerprint density at radius 3 is 2.54 bits per heavy atom. The van der Waals surface area contributed by atoms with Gasteiger partial charge in [-0.1, -0.05) is 43.3 Å². The lowest BCUT2D eigenvalue weighted by atomic mass is 10.1. The highest BCUT2D eigenvalue weighted by Gasteiger charge is 2.22. The summed E-state index contributed by atoms with van der Waals surface area (Å²) in [6.07, 6.45) is 0.891. The van der Waals surface area contributed by atoms with Gasteiger partial charge in [0.05, 0.1) is 5.52 Å². The van der Waals surface area contributed by atoms with Crippen LogP contribution in [-0.2, 0) is 11.2 Å². The van der Waals surface area contributed by atoms with E-state index < -0.39 is 0 Å². The zero-order valence-electron chi connectivity index (χ0n) is 16.2. The number of aryl methyl sites for hydroxylation is 1. The van der Waals surface area contributed by atoms with Crippen molar-refractivity contribution < 1.29 is 9.53 Å². The average Bonchev–Trinajstić information content (AvgIpc) is 2.77. The number of para-hydroxylation sites is 2. The third-order valence-electron chi connectivity index (χ3n) is 5.24. The number of carbonyl (C=O) groups excluding carboxylic acids is 1. The van der Waals surface area contributed by atoms with Crippen LogP contribution in [0.25, 0.3) is 10.9 Å². The van der Waals surface area contributed by atoms with Crippen molar-refractivity contribution >= 4 is 22.6 Å². The second-order valence-electron chi connectivity index (χ2n) is 6.98. The summed E-state index contributed by atoms with van der Waals surface area (Å²) >= 11 is 0. The number of amides is 1. The van der Waals surface area contributed by atoms with Gasteiger partial charge in [-0.25, -0.2) is 4.98 Å². The van der Waals surface area contributed by atoms with Crippen molar-refractivity contribution in [2.45, 2.75) is 13.3 Å². The number of pyridine rings is 1. The highest BCUT2D eigenvalue weighted by Crippen LogP contribution is 2.20. The van der Waals surface area contributed by atoms with Crippen molar-refractivity contribution in [3.05, 3.63) is 66.2 Å². The van der Waals surface area contributed by atoms with Gasteiger partial charge in [-0.05, 0) is 36.2 Å². The van der Waals surface area contributed by atoms with Crippen molar-refractivity contribution in [1.82, 2.24) is 9.88 Å². The fourth-order valence-electron chi connectivity index (χ4n) is 3.58. The summed E-state index contributed by atoms with van der Waals surface area (Å²) in [7, 11) is 0. The molecule has 5 heteroatoms. The van der Waals surface area contributed by atoms with E-state index in [1.165, 1.54) is 0 Å². The number of hydrogen-bond donors (Lipinski definition) is 0. The second-order valence-corrected chi connectivity index (χ2v) is 6.98. The Labute approximate surface area is 165 Å². The molecule has 0 N–H and O–H groups in total. The number of rotatable bonds is 5. The number of benzene rings is 2. The summed E-state index contributed by atoms with van der Waals surface area (Å²) in [5, 5.41) is 1.14. The highest BCUT2D eigenvalue weighted by molar-refractivity contribution is 5.80. The van der Waals surface area contributed by atoms with Crippen LogP contribution in [0.5, 0.6) is 5.75 Å². The van der Waals surface area contributed by atoms with Crippen LogP contribution < -0.4 is 9.64 Å². The number of fused-ring (bicyclic) bond motifs is 1. The Morgan fingerprint density at radius 1 is 0.964 bits per heavy atom. The Bertz CT molecular complexity index is 965. The zero-order chi connectivity index (χ0) is 19.3. The molecule has 1 amide bonds. The molecule has 2 heterocycles. The van der Waals surface area contributed by atoms with Crippen LogP contribution in [0.1, 0.15) is 12.5 Å². The quantitative estimate of drug-likeness (QED) is 0.684. The van der Waals surface area contributed by atoms with E-state index in [1.54, 1.807) is 0 Å². The van der Waals surface area contributed by atoms with Crippen molar-refractivity contribution in [1.29, 1.82) is 0 Å². The monoisotopic (exact) mass is 375 g/mol. The molecule has 0 radical (unpaired) electrons. The van der Waals surface area contributed by atoms with Gasteiger partial charge < -0.3 is 14.5 Å². The molecule has 0 saturated carbocycles. The molecule has 3 aromatic rings. The molecule has 1 fully saturated rings. The predicted molar refractivity (Wildman–Crippen MR) is 112 cm³/mol. The minimum atomic E-state index is 0.0389. The molecular weight excluding hydrogens is 350 g/mol. The molecule has 4 rings (SSSR count). The molecule has 0 spiro atoms. The van der Waals surface area contributed by atoms with E-state index in [4.69, 9.17) is 9.72 Å². The van der Waals surface area contributed by atoms with Gasteiger partial charge in [0.2, 0.25) is 0 Å². The van der Waals surface area contributed by atoms with E-state index >= 15 is 0 Å². The third kappa shape index (κ3) is 3.93. The number of carbonyl (C=O) groups is 1. The molecule has 2 aromatic carbocycles. The number of ether oxygens (including phenoxy) is 1. The highest BCUT2D eigenvalue weighted by atomic mass is 16.5. The van der Waals surface area contributed by atoms with E-state index in [9.17, 15) is 4.79 Å². The first-order valence-corrected chi connectivity index (χ1v) is 9.84. The van der Waals surface area contributed by atoms with Gasteiger partial charge in [-0.3, -0.25) is 4.79 Å². The third-order valence-corrected chi connectivity index (χ3v) is 5.24. The number of nitrogens with zero attached hydrogens (tertiary/aromatic N) is 3.